The maximum Gasteiger partial charge on any atom is 0.118 e. The van der Waals surface area contributed by atoms with Crippen LogP contribution in [0.1, 0.15) is 0 Å². The summed E-state index contributed by atoms with van der Waals surface area (Å²) in [4.78, 5) is 0. The van der Waals surface area contributed by atoms with Gasteiger partial charge in [0.05, 0.1) is 0 Å². The van der Waals surface area contributed by atoms with E-state index >= 15 is 0 Å². The fourth-order valence-electron chi connectivity index (χ4n) is 0.618. The lowest BCUT2D eigenvalue weighted by molar-refractivity contribution is 0.451. The molecule has 44 valence electrons. The van der Waals surface area contributed by atoms with Gasteiger partial charge in [-0.3, -0.25) is 0 Å². The second-order valence-corrected chi connectivity index (χ2v) is 1.78. The standard InChI is InChI=1S/C6H5BO2/c7-4-1-5(8)3-6(9)2-4/h1-3,8-9H. The quantitative estimate of drug-likeness (QED) is 0.469. The number of phenolic OH excluding ortho intramolecular Hbond substituents is 2. The van der Waals surface area contributed by atoms with Gasteiger partial charge in [0.2, 0.25) is 0 Å². The molecule has 0 bridgehead atoms. The van der Waals surface area contributed by atoms with Gasteiger partial charge >= 0.3 is 0 Å². The van der Waals surface area contributed by atoms with Crippen LogP contribution in [-0.2, 0) is 0 Å². The van der Waals surface area contributed by atoms with Crippen molar-refractivity contribution in [2.45, 2.75) is 0 Å². The molecule has 1 aromatic carbocycles. The molecule has 0 saturated carbocycles. The molecule has 2 nitrogen and oxygen atoms in total. The third kappa shape index (κ3) is 1.39. The summed E-state index contributed by atoms with van der Waals surface area (Å²) in [6.45, 7) is 0. The summed E-state index contributed by atoms with van der Waals surface area (Å²) >= 11 is 0. The zero-order chi connectivity index (χ0) is 6.85. The van der Waals surface area contributed by atoms with Crippen LogP contribution in [0.15, 0.2) is 18.2 Å². The van der Waals surface area contributed by atoms with E-state index in [2.05, 4.69) is 0 Å². The maximum absolute atomic E-state index is 8.75. The van der Waals surface area contributed by atoms with E-state index in [1.807, 2.05) is 0 Å². The highest BCUT2D eigenvalue weighted by molar-refractivity contribution is 6.32. The van der Waals surface area contributed by atoms with E-state index in [0.29, 0.717) is 5.46 Å². The molecule has 0 aromatic heterocycles. The first-order valence-corrected chi connectivity index (χ1v) is 2.47. The van der Waals surface area contributed by atoms with Gasteiger partial charge in [-0.2, -0.15) is 0 Å². The van der Waals surface area contributed by atoms with Crippen LogP contribution in [0.3, 0.4) is 0 Å². The molecule has 0 atom stereocenters. The number of hydrogen-bond donors (Lipinski definition) is 2. The average Bonchev–Trinajstić information content (AvgIpc) is 1.59. The van der Waals surface area contributed by atoms with Crippen LogP contribution >= 0.6 is 0 Å². The molecule has 0 heterocycles. The topological polar surface area (TPSA) is 40.5 Å². The van der Waals surface area contributed by atoms with E-state index in [0.717, 1.165) is 0 Å². The lowest BCUT2D eigenvalue weighted by Gasteiger charge is -1.95. The molecule has 0 spiro atoms. The highest BCUT2D eigenvalue weighted by Crippen LogP contribution is 2.13. The van der Waals surface area contributed by atoms with Gasteiger partial charge in [0, 0.05) is 6.07 Å². The van der Waals surface area contributed by atoms with Gasteiger partial charge in [-0.15, -0.1) is 0 Å². The lowest BCUT2D eigenvalue weighted by atomic mass is 9.96. The van der Waals surface area contributed by atoms with Crippen molar-refractivity contribution in [3.63, 3.8) is 0 Å². The summed E-state index contributed by atoms with van der Waals surface area (Å²) in [5.74, 6) is -0.0417. The molecule has 3 heteroatoms. The second-order valence-electron chi connectivity index (χ2n) is 1.78. The largest absolute Gasteiger partial charge is 0.508 e. The van der Waals surface area contributed by atoms with Crippen molar-refractivity contribution < 1.29 is 10.2 Å². The van der Waals surface area contributed by atoms with Crippen molar-refractivity contribution in [3.05, 3.63) is 18.2 Å². The molecule has 0 amide bonds. The molecular formula is C6H5BO2. The van der Waals surface area contributed by atoms with Crippen molar-refractivity contribution in [3.8, 4) is 11.5 Å². The van der Waals surface area contributed by atoms with Gasteiger partial charge < -0.3 is 10.2 Å². The third-order valence-corrected chi connectivity index (χ3v) is 0.925. The Labute approximate surface area is 54.2 Å². The van der Waals surface area contributed by atoms with Crippen molar-refractivity contribution >= 4 is 13.3 Å². The first-order chi connectivity index (χ1) is 4.18. The van der Waals surface area contributed by atoms with Crippen LogP contribution in [0.25, 0.3) is 0 Å². The summed E-state index contributed by atoms with van der Waals surface area (Å²) in [7, 11) is 5.24. The van der Waals surface area contributed by atoms with Crippen LogP contribution in [0.5, 0.6) is 11.5 Å². The van der Waals surface area contributed by atoms with Gasteiger partial charge in [0.15, 0.2) is 0 Å². The predicted octanol–water partition coefficient (Wildman–Crippen LogP) is -0.108. The van der Waals surface area contributed by atoms with E-state index < -0.39 is 0 Å². The van der Waals surface area contributed by atoms with Gasteiger partial charge in [-0.1, -0.05) is 5.46 Å². The maximum atomic E-state index is 8.75. The summed E-state index contributed by atoms with van der Waals surface area (Å²) in [6, 6.07) is 3.94. The Morgan fingerprint density at radius 1 is 1.00 bits per heavy atom. The Kier molecular flexibility index (Phi) is 1.34. The summed E-state index contributed by atoms with van der Waals surface area (Å²) < 4.78 is 0. The van der Waals surface area contributed by atoms with E-state index in [9.17, 15) is 0 Å². The number of phenols is 2. The number of benzene rings is 1. The van der Waals surface area contributed by atoms with Crippen molar-refractivity contribution in [1.82, 2.24) is 0 Å². The zero-order valence-electron chi connectivity index (χ0n) is 4.70. The molecule has 0 aliphatic heterocycles. The molecular weight excluding hydrogens is 115 g/mol. The minimum atomic E-state index is -0.0208. The van der Waals surface area contributed by atoms with Crippen LogP contribution in [0, 0.1) is 0 Å². The minimum Gasteiger partial charge on any atom is -0.508 e. The highest BCUT2D eigenvalue weighted by Gasteiger charge is 1.91. The SMILES string of the molecule is [B]c1cc(O)cc(O)c1. The molecule has 0 aliphatic rings. The average molecular weight is 120 g/mol. The smallest absolute Gasteiger partial charge is 0.118 e. The van der Waals surface area contributed by atoms with Gasteiger partial charge in [0.25, 0.3) is 0 Å². The molecule has 1 rings (SSSR count). The summed E-state index contributed by atoms with van der Waals surface area (Å²) in [5.41, 5.74) is 0.354. The van der Waals surface area contributed by atoms with Crippen LogP contribution in [0.4, 0.5) is 0 Å². The fraction of sp³-hybridized carbons (Fsp3) is 0. The molecule has 0 fully saturated rings. The van der Waals surface area contributed by atoms with E-state index in [-0.39, 0.29) is 11.5 Å². The zero-order valence-corrected chi connectivity index (χ0v) is 4.70. The second kappa shape index (κ2) is 2.01. The predicted molar refractivity (Wildman–Crippen MR) is 35.2 cm³/mol. The Hall–Kier alpha value is -1.12. The highest BCUT2D eigenvalue weighted by atomic mass is 16.3. The Balaban J connectivity index is 3.17. The Morgan fingerprint density at radius 2 is 1.44 bits per heavy atom. The van der Waals surface area contributed by atoms with Gasteiger partial charge in [0.1, 0.15) is 19.3 Å². The summed E-state index contributed by atoms with van der Waals surface area (Å²) in [5, 5.41) is 17.5. The van der Waals surface area contributed by atoms with E-state index in [1.54, 1.807) is 0 Å². The van der Waals surface area contributed by atoms with Crippen LogP contribution in [-0.4, -0.2) is 18.1 Å². The third-order valence-electron chi connectivity index (χ3n) is 0.925. The van der Waals surface area contributed by atoms with Crippen molar-refractivity contribution in [2.24, 2.45) is 0 Å². The molecule has 0 saturated heterocycles. The van der Waals surface area contributed by atoms with Gasteiger partial charge in [-0.25, -0.2) is 0 Å². The molecule has 0 unspecified atom stereocenters. The molecule has 0 aliphatic carbocycles. The summed E-state index contributed by atoms with van der Waals surface area (Å²) in [6.07, 6.45) is 0. The number of rotatable bonds is 0. The first kappa shape index (κ1) is 6.01. The Morgan fingerprint density at radius 3 is 1.78 bits per heavy atom. The molecule has 2 N–H and O–H groups in total. The first-order valence-electron chi connectivity index (χ1n) is 2.47. The van der Waals surface area contributed by atoms with E-state index in [4.69, 9.17) is 18.1 Å². The van der Waals surface area contributed by atoms with Gasteiger partial charge in [-0.05, 0) is 12.1 Å². The monoisotopic (exact) mass is 120 g/mol. The normalized spacial score (nSPS) is 9.33. The van der Waals surface area contributed by atoms with Crippen molar-refractivity contribution in [2.75, 3.05) is 0 Å². The molecule has 9 heavy (non-hydrogen) atoms. The number of aromatic hydroxyl groups is 2. The van der Waals surface area contributed by atoms with Crippen LogP contribution < -0.4 is 5.46 Å². The molecule has 1 aromatic rings. The van der Waals surface area contributed by atoms with Crippen LogP contribution in [0.2, 0.25) is 0 Å². The number of hydrogen-bond acceptors (Lipinski definition) is 2. The minimum absolute atomic E-state index is 0.0208. The lowest BCUT2D eigenvalue weighted by Crippen LogP contribution is -1.98. The van der Waals surface area contributed by atoms with Crippen molar-refractivity contribution in [1.29, 1.82) is 0 Å². The fourth-order valence-corrected chi connectivity index (χ4v) is 0.618. The Bertz CT molecular complexity index is 172. The van der Waals surface area contributed by atoms with E-state index in [1.165, 1.54) is 18.2 Å². The molecule has 2 radical (unpaired) electrons.